The van der Waals surface area contributed by atoms with Crippen molar-refractivity contribution in [2.75, 3.05) is 30.0 Å². The summed E-state index contributed by atoms with van der Waals surface area (Å²) in [6, 6.07) is 7.00. The molecule has 6 nitrogen and oxygen atoms in total. The number of carbonyl (C=O) groups excluding carboxylic acids is 1. The molecule has 0 aliphatic carbocycles. The number of hydrogen-bond acceptors (Lipinski definition) is 5. The number of nitrogens with two attached hydrogens (primary N) is 1. The highest BCUT2D eigenvalue weighted by Gasteiger charge is 2.29. The first-order valence-electron chi connectivity index (χ1n) is 6.92. The summed E-state index contributed by atoms with van der Waals surface area (Å²) < 4.78 is 28.0. The number of anilines is 1. The van der Waals surface area contributed by atoms with E-state index in [1.54, 1.807) is 24.3 Å². The van der Waals surface area contributed by atoms with Gasteiger partial charge < -0.3 is 15.8 Å². The van der Waals surface area contributed by atoms with Crippen molar-refractivity contribution < 1.29 is 17.9 Å². The van der Waals surface area contributed by atoms with Gasteiger partial charge in [-0.05, 0) is 36.6 Å². The van der Waals surface area contributed by atoms with Crippen LogP contribution in [-0.2, 0) is 14.6 Å². The molecule has 116 valence electrons. The molecule has 1 aliphatic rings. The zero-order chi connectivity index (χ0) is 15.3. The Morgan fingerprint density at radius 3 is 2.62 bits per heavy atom. The molecule has 0 radical (unpaired) electrons. The Hall–Kier alpha value is -1.60. The number of sulfone groups is 1. The molecule has 1 aromatic carbocycles. The van der Waals surface area contributed by atoms with Crippen LogP contribution in [0.15, 0.2) is 24.3 Å². The molecule has 0 spiro atoms. The molecule has 0 bridgehead atoms. The van der Waals surface area contributed by atoms with Gasteiger partial charge in [0.05, 0.1) is 11.5 Å². The second kappa shape index (κ2) is 6.91. The Kier molecular flexibility index (Phi) is 5.19. The fourth-order valence-electron chi connectivity index (χ4n) is 2.32. The summed E-state index contributed by atoms with van der Waals surface area (Å²) in [5.41, 5.74) is 6.01. The number of amides is 1. The second-order valence-electron chi connectivity index (χ2n) is 5.18. The maximum atomic E-state index is 11.9. The van der Waals surface area contributed by atoms with E-state index >= 15 is 0 Å². The molecule has 1 atom stereocenters. The minimum absolute atomic E-state index is 0.0674. The minimum atomic E-state index is -2.94. The van der Waals surface area contributed by atoms with E-state index in [2.05, 4.69) is 5.32 Å². The van der Waals surface area contributed by atoms with E-state index in [9.17, 15) is 13.2 Å². The van der Waals surface area contributed by atoms with Crippen LogP contribution in [0.25, 0.3) is 0 Å². The molecule has 1 saturated heterocycles. The SMILES string of the molecule is NCCOc1ccc(NC(=O)CC2CCS(=O)(=O)C2)cc1. The minimum Gasteiger partial charge on any atom is -0.492 e. The molecule has 2 rings (SSSR count). The summed E-state index contributed by atoms with van der Waals surface area (Å²) in [7, 11) is -2.94. The number of hydrogen-bond donors (Lipinski definition) is 2. The zero-order valence-corrected chi connectivity index (χ0v) is 12.6. The average Bonchev–Trinajstić information content (AvgIpc) is 2.77. The van der Waals surface area contributed by atoms with Crippen LogP contribution in [0, 0.1) is 5.92 Å². The molecule has 7 heteroatoms. The Morgan fingerprint density at radius 2 is 2.05 bits per heavy atom. The van der Waals surface area contributed by atoms with Crippen molar-refractivity contribution in [3.63, 3.8) is 0 Å². The molecule has 1 heterocycles. The number of rotatable bonds is 6. The number of carbonyl (C=O) groups is 1. The summed E-state index contributed by atoms with van der Waals surface area (Å²) in [6.07, 6.45) is 0.812. The number of benzene rings is 1. The van der Waals surface area contributed by atoms with Crippen molar-refractivity contribution in [2.24, 2.45) is 11.7 Å². The Bertz CT molecular complexity index is 583. The summed E-state index contributed by atoms with van der Waals surface area (Å²) >= 11 is 0. The van der Waals surface area contributed by atoms with E-state index < -0.39 is 9.84 Å². The highest BCUT2D eigenvalue weighted by atomic mass is 32.2. The van der Waals surface area contributed by atoms with E-state index in [4.69, 9.17) is 10.5 Å². The van der Waals surface area contributed by atoms with Gasteiger partial charge in [-0.1, -0.05) is 0 Å². The lowest BCUT2D eigenvalue weighted by atomic mass is 10.1. The van der Waals surface area contributed by atoms with Crippen LogP contribution in [0.1, 0.15) is 12.8 Å². The van der Waals surface area contributed by atoms with E-state index in [1.165, 1.54) is 0 Å². The zero-order valence-electron chi connectivity index (χ0n) is 11.7. The standard InChI is InChI=1S/C14H20N2O4S/c15-6-7-20-13-3-1-12(2-4-13)16-14(17)9-11-5-8-21(18,19)10-11/h1-4,11H,5-10,15H2,(H,16,17). The third kappa shape index (κ3) is 5.02. The van der Waals surface area contributed by atoms with E-state index in [0.717, 1.165) is 0 Å². The maximum absolute atomic E-state index is 11.9. The second-order valence-corrected chi connectivity index (χ2v) is 7.41. The topological polar surface area (TPSA) is 98.5 Å². The van der Waals surface area contributed by atoms with E-state index in [-0.39, 0.29) is 29.8 Å². The Balaban J connectivity index is 1.82. The molecule has 1 aromatic rings. The van der Waals surface area contributed by atoms with Crippen LogP contribution in [0.4, 0.5) is 5.69 Å². The van der Waals surface area contributed by atoms with Crippen LogP contribution >= 0.6 is 0 Å². The van der Waals surface area contributed by atoms with Crippen molar-refractivity contribution in [3.05, 3.63) is 24.3 Å². The molecule has 1 aliphatic heterocycles. The van der Waals surface area contributed by atoms with Gasteiger partial charge in [-0.2, -0.15) is 0 Å². The first kappa shape index (κ1) is 15.8. The van der Waals surface area contributed by atoms with Crippen LogP contribution in [0.3, 0.4) is 0 Å². The van der Waals surface area contributed by atoms with E-state index in [1.807, 2.05) is 0 Å². The number of ether oxygens (including phenoxy) is 1. The molecule has 1 fully saturated rings. The van der Waals surface area contributed by atoms with Gasteiger partial charge in [0.1, 0.15) is 12.4 Å². The van der Waals surface area contributed by atoms with Gasteiger partial charge in [-0.25, -0.2) is 8.42 Å². The maximum Gasteiger partial charge on any atom is 0.224 e. The van der Waals surface area contributed by atoms with Gasteiger partial charge >= 0.3 is 0 Å². The Morgan fingerprint density at radius 1 is 1.33 bits per heavy atom. The number of nitrogens with one attached hydrogen (secondary N) is 1. The van der Waals surface area contributed by atoms with Gasteiger partial charge in [-0.3, -0.25) is 4.79 Å². The fourth-order valence-corrected chi connectivity index (χ4v) is 4.18. The highest BCUT2D eigenvalue weighted by Crippen LogP contribution is 2.22. The van der Waals surface area contributed by atoms with E-state index in [0.29, 0.717) is 31.0 Å². The van der Waals surface area contributed by atoms with Crippen LogP contribution in [0.2, 0.25) is 0 Å². The lowest BCUT2D eigenvalue weighted by molar-refractivity contribution is -0.116. The summed E-state index contributed by atoms with van der Waals surface area (Å²) in [5.74, 6) is 0.778. The Labute approximate surface area is 124 Å². The highest BCUT2D eigenvalue weighted by molar-refractivity contribution is 7.91. The first-order valence-corrected chi connectivity index (χ1v) is 8.74. The molecule has 1 unspecified atom stereocenters. The molecule has 0 saturated carbocycles. The molecule has 1 amide bonds. The lowest BCUT2D eigenvalue weighted by Crippen LogP contribution is -2.17. The van der Waals surface area contributed by atoms with Crippen molar-refractivity contribution in [1.29, 1.82) is 0 Å². The van der Waals surface area contributed by atoms with Crippen molar-refractivity contribution in [3.8, 4) is 5.75 Å². The third-order valence-corrected chi connectivity index (χ3v) is 5.16. The van der Waals surface area contributed by atoms with Gasteiger partial charge in [0.2, 0.25) is 5.91 Å². The lowest BCUT2D eigenvalue weighted by Gasteiger charge is -2.10. The largest absolute Gasteiger partial charge is 0.492 e. The van der Waals surface area contributed by atoms with Crippen LogP contribution < -0.4 is 15.8 Å². The molecular formula is C14H20N2O4S. The quantitative estimate of drug-likeness (QED) is 0.809. The molecule has 3 N–H and O–H groups in total. The summed E-state index contributed by atoms with van der Waals surface area (Å²) in [6.45, 7) is 0.893. The summed E-state index contributed by atoms with van der Waals surface area (Å²) in [5, 5.41) is 2.77. The van der Waals surface area contributed by atoms with Crippen molar-refractivity contribution in [1.82, 2.24) is 0 Å². The first-order chi connectivity index (χ1) is 9.98. The van der Waals surface area contributed by atoms with Crippen molar-refractivity contribution >= 4 is 21.4 Å². The van der Waals surface area contributed by atoms with Gasteiger partial charge in [0.15, 0.2) is 9.84 Å². The molecule has 21 heavy (non-hydrogen) atoms. The van der Waals surface area contributed by atoms with Gasteiger partial charge in [0, 0.05) is 18.7 Å². The predicted octanol–water partition coefficient (Wildman–Crippen LogP) is 0.787. The normalized spacial score (nSPS) is 20.1. The molecular weight excluding hydrogens is 292 g/mol. The fraction of sp³-hybridized carbons (Fsp3) is 0.500. The van der Waals surface area contributed by atoms with Crippen molar-refractivity contribution in [2.45, 2.75) is 12.8 Å². The predicted molar refractivity (Wildman–Crippen MR) is 81.0 cm³/mol. The van der Waals surface area contributed by atoms with Crippen LogP contribution in [-0.4, -0.2) is 39.0 Å². The third-order valence-electron chi connectivity index (χ3n) is 3.33. The van der Waals surface area contributed by atoms with Crippen LogP contribution in [0.5, 0.6) is 5.75 Å². The van der Waals surface area contributed by atoms with Gasteiger partial charge in [-0.15, -0.1) is 0 Å². The molecule has 0 aromatic heterocycles. The smallest absolute Gasteiger partial charge is 0.224 e. The monoisotopic (exact) mass is 312 g/mol. The average molecular weight is 312 g/mol. The van der Waals surface area contributed by atoms with Gasteiger partial charge in [0.25, 0.3) is 0 Å². The summed E-state index contributed by atoms with van der Waals surface area (Å²) in [4.78, 5) is 11.9.